The maximum Gasteiger partial charge on any atom is 0.326 e. The average Bonchev–Trinajstić information content (AvgIpc) is 2.76. The number of aliphatic hydroxyl groups is 1. The Bertz CT molecular complexity index is 419. The van der Waals surface area contributed by atoms with Gasteiger partial charge in [0.1, 0.15) is 12.1 Å². The van der Waals surface area contributed by atoms with Crippen molar-refractivity contribution in [3.05, 3.63) is 27.1 Å². The minimum absolute atomic E-state index is 0.116. The summed E-state index contributed by atoms with van der Waals surface area (Å²) in [5.74, 6) is -0.740. The molecular weight excluding hydrogens is 248 g/mol. The van der Waals surface area contributed by atoms with Gasteiger partial charge in [-0.15, -0.1) is 0 Å². The van der Waals surface area contributed by atoms with Crippen molar-refractivity contribution >= 4 is 22.3 Å². The van der Waals surface area contributed by atoms with Crippen LogP contribution >= 0.6 is 11.3 Å². The van der Waals surface area contributed by atoms with Crippen LogP contribution in [0.2, 0.25) is 0 Å². The maximum atomic E-state index is 11.3. The van der Waals surface area contributed by atoms with Crippen molar-refractivity contribution in [3.8, 4) is 0 Å². The van der Waals surface area contributed by atoms with Crippen molar-refractivity contribution in [1.29, 1.82) is 0 Å². The lowest BCUT2D eigenvalue weighted by Gasteiger charge is -2.15. The normalized spacial score (nSPS) is 14.1. The Kier molecular flexibility index (Phi) is 4.55. The molecule has 0 amide bonds. The minimum Gasteiger partial charge on any atom is -0.465 e. The first kappa shape index (κ1) is 13.6. The number of aliphatic hydroxyl groups excluding tert-OH is 1. The average molecular weight is 260 g/mol. The maximum absolute atomic E-state index is 11.3. The molecule has 2 atom stereocenters. The van der Waals surface area contributed by atoms with E-state index in [2.05, 4.69) is 4.74 Å². The van der Waals surface area contributed by atoms with Crippen molar-refractivity contribution in [2.24, 2.45) is 5.73 Å². The summed E-state index contributed by atoms with van der Waals surface area (Å²) < 4.78 is 4.65. The van der Waals surface area contributed by atoms with Gasteiger partial charge in [-0.1, -0.05) is 11.3 Å². The summed E-state index contributed by atoms with van der Waals surface area (Å²) >= 11 is 0.776. The SMILES string of the molecule is CCOC(=O)C(N)C(O)c1ccc([N+](=O)[O-])s1. The number of nitro groups is 1. The van der Waals surface area contributed by atoms with E-state index in [0.717, 1.165) is 11.3 Å². The lowest BCUT2D eigenvalue weighted by atomic mass is 10.1. The van der Waals surface area contributed by atoms with E-state index in [-0.39, 0.29) is 16.5 Å². The summed E-state index contributed by atoms with van der Waals surface area (Å²) in [7, 11) is 0. The zero-order valence-corrected chi connectivity index (χ0v) is 9.85. The van der Waals surface area contributed by atoms with Gasteiger partial charge in [0.15, 0.2) is 0 Å². The first-order chi connectivity index (χ1) is 7.97. The number of hydrogen-bond donors (Lipinski definition) is 2. The molecule has 0 fully saturated rings. The number of nitrogens with two attached hydrogens (primary N) is 1. The second kappa shape index (κ2) is 5.71. The van der Waals surface area contributed by atoms with Gasteiger partial charge in [-0.25, -0.2) is 0 Å². The van der Waals surface area contributed by atoms with E-state index in [0.29, 0.717) is 0 Å². The molecule has 1 aromatic heterocycles. The summed E-state index contributed by atoms with van der Waals surface area (Å²) in [5.41, 5.74) is 5.48. The highest BCUT2D eigenvalue weighted by Crippen LogP contribution is 2.30. The monoisotopic (exact) mass is 260 g/mol. The zero-order valence-electron chi connectivity index (χ0n) is 9.03. The molecule has 1 heterocycles. The van der Waals surface area contributed by atoms with E-state index in [1.807, 2.05) is 0 Å². The number of thiophene rings is 1. The van der Waals surface area contributed by atoms with E-state index in [9.17, 15) is 20.0 Å². The van der Waals surface area contributed by atoms with Crippen molar-refractivity contribution in [3.63, 3.8) is 0 Å². The van der Waals surface area contributed by atoms with Gasteiger partial charge in [0, 0.05) is 10.9 Å². The van der Waals surface area contributed by atoms with Gasteiger partial charge in [-0.2, -0.15) is 0 Å². The quantitative estimate of drug-likeness (QED) is 0.454. The largest absolute Gasteiger partial charge is 0.465 e. The molecule has 0 radical (unpaired) electrons. The third kappa shape index (κ3) is 3.22. The molecule has 0 saturated carbocycles. The predicted molar refractivity (Wildman–Crippen MR) is 60.5 cm³/mol. The fraction of sp³-hybridized carbons (Fsp3) is 0.444. The lowest BCUT2D eigenvalue weighted by Crippen LogP contribution is -2.37. The summed E-state index contributed by atoms with van der Waals surface area (Å²) in [4.78, 5) is 21.4. The van der Waals surface area contributed by atoms with Crippen LogP contribution in [0.15, 0.2) is 12.1 Å². The Morgan fingerprint density at radius 3 is 2.82 bits per heavy atom. The second-order valence-electron chi connectivity index (χ2n) is 3.16. The number of hydrogen-bond acceptors (Lipinski definition) is 7. The topological polar surface area (TPSA) is 116 Å². The smallest absolute Gasteiger partial charge is 0.326 e. The summed E-state index contributed by atoms with van der Waals surface area (Å²) in [5, 5.41) is 20.1. The molecule has 0 aliphatic carbocycles. The highest BCUT2D eigenvalue weighted by molar-refractivity contribution is 7.15. The summed E-state index contributed by atoms with van der Waals surface area (Å²) in [6.45, 7) is 1.77. The molecular formula is C9H12N2O5S. The van der Waals surface area contributed by atoms with Gasteiger partial charge in [0.2, 0.25) is 0 Å². The van der Waals surface area contributed by atoms with Crippen LogP contribution in [0.1, 0.15) is 17.9 Å². The third-order valence-corrected chi connectivity index (χ3v) is 3.09. The third-order valence-electron chi connectivity index (χ3n) is 1.98. The number of carbonyl (C=O) groups is 1. The fourth-order valence-corrected chi connectivity index (χ4v) is 2.00. The molecule has 17 heavy (non-hydrogen) atoms. The molecule has 0 bridgehead atoms. The van der Waals surface area contributed by atoms with Crippen LogP contribution in [-0.4, -0.2) is 28.6 Å². The Balaban J connectivity index is 2.77. The fourth-order valence-electron chi connectivity index (χ4n) is 1.14. The van der Waals surface area contributed by atoms with Gasteiger partial charge in [0.05, 0.1) is 11.5 Å². The minimum atomic E-state index is -1.30. The van der Waals surface area contributed by atoms with E-state index in [1.54, 1.807) is 6.92 Å². The number of ether oxygens (including phenoxy) is 1. The molecule has 7 nitrogen and oxygen atoms in total. The predicted octanol–water partition coefficient (Wildman–Crippen LogP) is 0.580. The molecule has 1 rings (SSSR count). The molecule has 1 aromatic rings. The van der Waals surface area contributed by atoms with Gasteiger partial charge in [-0.05, 0) is 13.0 Å². The first-order valence-electron chi connectivity index (χ1n) is 4.81. The van der Waals surface area contributed by atoms with E-state index >= 15 is 0 Å². The highest BCUT2D eigenvalue weighted by Gasteiger charge is 2.27. The van der Waals surface area contributed by atoms with Crippen molar-refractivity contribution < 1.29 is 19.6 Å². The second-order valence-corrected chi connectivity index (χ2v) is 4.25. The van der Waals surface area contributed by atoms with Gasteiger partial charge in [-0.3, -0.25) is 14.9 Å². The Morgan fingerprint density at radius 2 is 2.35 bits per heavy atom. The molecule has 94 valence electrons. The Labute approximate surface area is 101 Å². The van der Waals surface area contributed by atoms with Crippen LogP contribution in [0, 0.1) is 10.1 Å². The molecule has 0 aliphatic rings. The molecule has 0 spiro atoms. The zero-order chi connectivity index (χ0) is 13.0. The van der Waals surface area contributed by atoms with Crippen LogP contribution < -0.4 is 5.73 Å². The van der Waals surface area contributed by atoms with Crippen LogP contribution in [-0.2, 0) is 9.53 Å². The molecule has 0 aliphatic heterocycles. The van der Waals surface area contributed by atoms with Gasteiger partial charge >= 0.3 is 11.0 Å². The Hall–Kier alpha value is -1.51. The molecule has 3 N–H and O–H groups in total. The number of rotatable bonds is 5. The van der Waals surface area contributed by atoms with E-state index in [1.165, 1.54) is 12.1 Å². The van der Waals surface area contributed by atoms with Crippen molar-refractivity contribution in [1.82, 2.24) is 0 Å². The van der Waals surface area contributed by atoms with Gasteiger partial charge < -0.3 is 15.6 Å². The first-order valence-corrected chi connectivity index (χ1v) is 5.63. The molecule has 0 aromatic carbocycles. The summed E-state index contributed by atoms with van der Waals surface area (Å²) in [6, 6.07) is 1.38. The molecule has 0 saturated heterocycles. The van der Waals surface area contributed by atoms with Crippen molar-refractivity contribution in [2.45, 2.75) is 19.1 Å². The number of carbonyl (C=O) groups excluding carboxylic acids is 1. The van der Waals surface area contributed by atoms with E-state index in [4.69, 9.17) is 5.73 Å². The lowest BCUT2D eigenvalue weighted by molar-refractivity contribution is -0.380. The van der Waals surface area contributed by atoms with E-state index < -0.39 is 23.0 Å². The molecule has 2 unspecified atom stereocenters. The van der Waals surface area contributed by atoms with Crippen LogP contribution in [0.3, 0.4) is 0 Å². The number of nitrogens with zero attached hydrogens (tertiary/aromatic N) is 1. The van der Waals surface area contributed by atoms with Gasteiger partial charge in [0.25, 0.3) is 0 Å². The highest BCUT2D eigenvalue weighted by atomic mass is 32.1. The molecule has 8 heteroatoms. The summed E-state index contributed by atoms with van der Waals surface area (Å²) in [6.07, 6.45) is -1.30. The standard InChI is InChI=1S/C9H12N2O5S/c1-2-16-9(13)7(10)8(12)5-3-4-6(17-5)11(14)15/h3-4,7-8,12H,2,10H2,1H3. The van der Waals surface area contributed by atoms with Crippen LogP contribution in [0.4, 0.5) is 5.00 Å². The van der Waals surface area contributed by atoms with Crippen LogP contribution in [0.25, 0.3) is 0 Å². The number of esters is 1. The van der Waals surface area contributed by atoms with Crippen LogP contribution in [0.5, 0.6) is 0 Å². The Morgan fingerprint density at radius 1 is 1.71 bits per heavy atom. The van der Waals surface area contributed by atoms with Crippen molar-refractivity contribution in [2.75, 3.05) is 6.61 Å².